The van der Waals surface area contributed by atoms with Crippen LogP contribution in [0, 0.1) is 0 Å². The van der Waals surface area contributed by atoms with Gasteiger partial charge in [0.25, 0.3) is 0 Å². The quantitative estimate of drug-likeness (QED) is 0.291. The molecule has 5 nitrogen and oxygen atoms in total. The van der Waals surface area contributed by atoms with E-state index in [-0.39, 0.29) is 6.42 Å². The Labute approximate surface area is 133 Å². The molecule has 0 fully saturated rings. The summed E-state index contributed by atoms with van der Waals surface area (Å²) < 4.78 is 4.68. The number of rotatable bonds is 14. The lowest BCUT2D eigenvalue weighted by atomic mass is 10.1. The Morgan fingerprint density at radius 1 is 1.00 bits per heavy atom. The summed E-state index contributed by atoms with van der Waals surface area (Å²) >= 11 is 0. The molecule has 128 valence electrons. The van der Waals surface area contributed by atoms with Crippen molar-refractivity contribution in [2.45, 2.75) is 77.2 Å². The molecular weight excluding hydrogens is 284 g/mol. The van der Waals surface area contributed by atoms with Crippen molar-refractivity contribution in [1.29, 1.82) is 0 Å². The van der Waals surface area contributed by atoms with E-state index in [0.29, 0.717) is 0 Å². The molecule has 0 aromatic heterocycles. The minimum Gasteiger partial charge on any atom is -0.479 e. The molecule has 2 N–H and O–H groups in total. The summed E-state index contributed by atoms with van der Waals surface area (Å²) in [6.07, 6.45) is 13.1. The van der Waals surface area contributed by atoms with Crippen LogP contribution in [-0.4, -0.2) is 34.9 Å². The third-order valence-electron chi connectivity index (χ3n) is 3.31. The molecule has 0 saturated carbocycles. The second-order valence-electron chi connectivity index (χ2n) is 5.46. The molecule has 0 rings (SSSR count). The van der Waals surface area contributed by atoms with Gasteiger partial charge in [0, 0.05) is 6.42 Å². The number of carbonyl (C=O) groups excluding carboxylic acids is 1. The van der Waals surface area contributed by atoms with Gasteiger partial charge in [0.05, 0.1) is 0 Å². The van der Waals surface area contributed by atoms with E-state index in [1.807, 2.05) is 0 Å². The molecule has 0 aliphatic rings. The highest BCUT2D eigenvalue weighted by atomic mass is 16.5. The van der Waals surface area contributed by atoms with Gasteiger partial charge in [-0.3, -0.25) is 4.79 Å². The zero-order chi connectivity index (χ0) is 16.6. The summed E-state index contributed by atoms with van der Waals surface area (Å²) in [6, 6.07) is 0. The average Bonchev–Trinajstić information content (AvgIpc) is 2.50. The van der Waals surface area contributed by atoms with Crippen LogP contribution in [0.1, 0.15) is 71.1 Å². The fourth-order valence-electron chi connectivity index (χ4n) is 1.96. The van der Waals surface area contributed by atoms with Crippen molar-refractivity contribution in [2.75, 3.05) is 6.61 Å². The summed E-state index contributed by atoms with van der Waals surface area (Å²) in [5.41, 5.74) is 0. The van der Waals surface area contributed by atoms with Crippen molar-refractivity contribution < 1.29 is 24.5 Å². The predicted octanol–water partition coefficient (Wildman–Crippen LogP) is 3.45. The molecule has 0 aromatic rings. The number of aliphatic hydroxyl groups excluding tert-OH is 1. The normalized spacial score (nSPS) is 12.5. The minimum absolute atomic E-state index is 0.284. The van der Waals surface area contributed by atoms with Gasteiger partial charge in [-0.05, 0) is 25.7 Å². The first-order chi connectivity index (χ1) is 10.6. The van der Waals surface area contributed by atoms with Gasteiger partial charge >= 0.3 is 11.9 Å². The molecule has 0 bridgehead atoms. The van der Waals surface area contributed by atoms with Gasteiger partial charge in [0.15, 0.2) is 6.10 Å². The van der Waals surface area contributed by atoms with Crippen LogP contribution in [0.2, 0.25) is 0 Å². The number of hydrogen-bond donors (Lipinski definition) is 2. The van der Waals surface area contributed by atoms with Crippen LogP contribution in [0.25, 0.3) is 0 Å². The Hall–Kier alpha value is -1.36. The molecular formula is C17H30O5. The van der Waals surface area contributed by atoms with Crippen molar-refractivity contribution in [3.05, 3.63) is 12.2 Å². The summed E-state index contributed by atoms with van der Waals surface area (Å²) in [7, 11) is 0. The lowest BCUT2D eigenvalue weighted by Crippen LogP contribution is -2.26. The Morgan fingerprint density at radius 2 is 1.59 bits per heavy atom. The van der Waals surface area contributed by atoms with E-state index >= 15 is 0 Å². The first kappa shape index (κ1) is 20.6. The zero-order valence-corrected chi connectivity index (χ0v) is 13.6. The third kappa shape index (κ3) is 13.6. The number of carbonyl (C=O) groups is 2. The summed E-state index contributed by atoms with van der Waals surface area (Å²) in [5, 5.41) is 17.4. The number of allylic oxidation sites excluding steroid dienone is 2. The van der Waals surface area contributed by atoms with Crippen molar-refractivity contribution in [3.8, 4) is 0 Å². The lowest BCUT2D eigenvalue weighted by Gasteiger charge is -2.07. The smallest absolute Gasteiger partial charge is 0.336 e. The number of aliphatic carboxylic acids is 1. The molecule has 5 heteroatoms. The van der Waals surface area contributed by atoms with E-state index in [4.69, 9.17) is 10.2 Å². The van der Waals surface area contributed by atoms with Gasteiger partial charge < -0.3 is 14.9 Å². The zero-order valence-electron chi connectivity index (χ0n) is 13.6. The van der Waals surface area contributed by atoms with Crippen molar-refractivity contribution >= 4 is 11.9 Å². The monoisotopic (exact) mass is 314 g/mol. The highest BCUT2D eigenvalue weighted by Crippen LogP contribution is 2.09. The van der Waals surface area contributed by atoms with Crippen LogP contribution >= 0.6 is 0 Å². The van der Waals surface area contributed by atoms with Crippen molar-refractivity contribution in [1.82, 2.24) is 0 Å². The van der Waals surface area contributed by atoms with Crippen molar-refractivity contribution in [2.24, 2.45) is 0 Å². The molecule has 0 saturated heterocycles. The minimum atomic E-state index is -1.63. The molecule has 0 aliphatic heterocycles. The summed E-state index contributed by atoms with van der Waals surface area (Å²) in [4.78, 5) is 21.6. The standard InChI is InChI=1S/C17H30O5/c1-2-3-4-5-6-7-8-9-10-11-12-13-16(19)22-14-15(18)17(20)21/h4-5,15,18H,2-3,6-14H2,1H3,(H,20,21). The first-order valence-electron chi connectivity index (χ1n) is 8.29. The number of unbranched alkanes of at least 4 members (excludes halogenated alkanes) is 7. The Balaban J connectivity index is 3.32. The molecule has 1 unspecified atom stereocenters. The topological polar surface area (TPSA) is 83.8 Å². The van der Waals surface area contributed by atoms with Gasteiger partial charge in [-0.15, -0.1) is 0 Å². The molecule has 0 heterocycles. The van der Waals surface area contributed by atoms with Crippen LogP contribution in [0.4, 0.5) is 0 Å². The Bertz CT molecular complexity index is 325. The number of hydrogen-bond acceptors (Lipinski definition) is 4. The predicted molar refractivity (Wildman–Crippen MR) is 85.6 cm³/mol. The Morgan fingerprint density at radius 3 is 2.23 bits per heavy atom. The van der Waals surface area contributed by atoms with Crippen LogP contribution in [0.15, 0.2) is 12.2 Å². The number of ether oxygens (including phenoxy) is 1. The molecule has 0 aliphatic carbocycles. The van der Waals surface area contributed by atoms with Crippen LogP contribution in [0.3, 0.4) is 0 Å². The van der Waals surface area contributed by atoms with E-state index in [9.17, 15) is 9.59 Å². The second kappa shape index (κ2) is 14.6. The van der Waals surface area contributed by atoms with Gasteiger partial charge in [-0.2, -0.15) is 0 Å². The third-order valence-corrected chi connectivity index (χ3v) is 3.31. The maximum atomic E-state index is 11.3. The fraction of sp³-hybridized carbons (Fsp3) is 0.765. The van der Waals surface area contributed by atoms with Gasteiger partial charge in [0.1, 0.15) is 6.61 Å². The van der Waals surface area contributed by atoms with E-state index in [1.165, 1.54) is 32.1 Å². The van der Waals surface area contributed by atoms with E-state index in [0.717, 1.165) is 25.7 Å². The highest BCUT2D eigenvalue weighted by molar-refractivity contribution is 5.73. The first-order valence-corrected chi connectivity index (χ1v) is 8.29. The van der Waals surface area contributed by atoms with E-state index in [2.05, 4.69) is 23.8 Å². The molecule has 0 amide bonds. The number of carboxylic acid groups (broad SMARTS) is 1. The lowest BCUT2D eigenvalue weighted by molar-refractivity contribution is -0.156. The van der Waals surface area contributed by atoms with E-state index < -0.39 is 24.6 Å². The average molecular weight is 314 g/mol. The van der Waals surface area contributed by atoms with Gasteiger partial charge in [-0.25, -0.2) is 4.79 Å². The van der Waals surface area contributed by atoms with Crippen molar-refractivity contribution in [3.63, 3.8) is 0 Å². The SMILES string of the molecule is CCCC=CCCCCCCCCC(=O)OCC(O)C(=O)O. The maximum Gasteiger partial charge on any atom is 0.336 e. The van der Waals surface area contributed by atoms with Crippen LogP contribution in [-0.2, 0) is 14.3 Å². The fourth-order valence-corrected chi connectivity index (χ4v) is 1.96. The maximum absolute atomic E-state index is 11.3. The molecule has 0 radical (unpaired) electrons. The molecule has 0 spiro atoms. The highest BCUT2D eigenvalue weighted by Gasteiger charge is 2.15. The van der Waals surface area contributed by atoms with Crippen LogP contribution < -0.4 is 0 Å². The van der Waals surface area contributed by atoms with Crippen LogP contribution in [0.5, 0.6) is 0 Å². The number of esters is 1. The largest absolute Gasteiger partial charge is 0.479 e. The number of aliphatic hydroxyl groups is 1. The molecule has 22 heavy (non-hydrogen) atoms. The Kier molecular flexibility index (Phi) is 13.7. The number of carboxylic acids is 1. The summed E-state index contributed by atoms with van der Waals surface area (Å²) in [6.45, 7) is 1.70. The summed E-state index contributed by atoms with van der Waals surface area (Å²) in [5.74, 6) is -1.82. The van der Waals surface area contributed by atoms with E-state index in [1.54, 1.807) is 0 Å². The van der Waals surface area contributed by atoms with Gasteiger partial charge in [-0.1, -0.05) is 51.2 Å². The second-order valence-corrected chi connectivity index (χ2v) is 5.46. The molecule has 1 atom stereocenters. The molecule has 0 aromatic carbocycles. The van der Waals surface area contributed by atoms with Gasteiger partial charge in [0.2, 0.25) is 0 Å².